The number of nitrogens with zero attached hydrogens (tertiary/aromatic N) is 2. The lowest BCUT2D eigenvalue weighted by Crippen LogP contribution is -2.70. The molecule has 1 N–H and O–H groups in total. The number of nitrogens with one attached hydrogen (secondary N) is 1. The zero-order valence-corrected chi connectivity index (χ0v) is 16.6. The van der Waals surface area contributed by atoms with Gasteiger partial charge in [-0.25, -0.2) is 17.2 Å². The van der Waals surface area contributed by atoms with Gasteiger partial charge in [0.15, 0.2) is 0 Å². The van der Waals surface area contributed by atoms with Gasteiger partial charge in [-0.3, -0.25) is 14.5 Å². The fourth-order valence-electron chi connectivity index (χ4n) is 3.85. The van der Waals surface area contributed by atoms with Gasteiger partial charge >= 0.3 is 0 Å². The van der Waals surface area contributed by atoms with Gasteiger partial charge in [0.05, 0.1) is 18.5 Å². The highest BCUT2D eigenvalue weighted by Crippen LogP contribution is 2.33. The van der Waals surface area contributed by atoms with E-state index in [1.165, 1.54) is 6.92 Å². The molecule has 0 spiro atoms. The van der Waals surface area contributed by atoms with E-state index in [-0.39, 0.29) is 18.3 Å². The van der Waals surface area contributed by atoms with Crippen LogP contribution in [0.1, 0.15) is 32.6 Å². The molecule has 1 saturated carbocycles. The number of hydrogen-bond donors (Lipinski definition) is 1. The molecule has 1 atom stereocenters. The molecule has 2 amide bonds. The summed E-state index contributed by atoms with van der Waals surface area (Å²) < 4.78 is 52.8. The SMILES string of the molecule is CC1(C(=O)NC2CCCC2)CN(S(C)(=O)=O)CC(=O)N1c1ccc(F)cc1F. The number of benzene rings is 1. The zero-order valence-electron chi connectivity index (χ0n) is 15.7. The maximum absolute atomic E-state index is 14.5. The van der Waals surface area contributed by atoms with E-state index in [2.05, 4.69) is 5.32 Å². The first-order chi connectivity index (χ1) is 13.0. The second-order valence-corrected chi connectivity index (χ2v) is 9.57. The van der Waals surface area contributed by atoms with Crippen molar-refractivity contribution in [2.75, 3.05) is 24.2 Å². The molecule has 1 aliphatic carbocycles. The number of carbonyl (C=O) groups is 2. The van der Waals surface area contributed by atoms with Crippen LogP contribution in [0.15, 0.2) is 18.2 Å². The lowest BCUT2D eigenvalue weighted by atomic mass is 9.93. The van der Waals surface area contributed by atoms with E-state index in [9.17, 15) is 26.8 Å². The van der Waals surface area contributed by atoms with Crippen molar-refractivity contribution in [1.29, 1.82) is 0 Å². The van der Waals surface area contributed by atoms with Gasteiger partial charge in [-0.05, 0) is 31.9 Å². The van der Waals surface area contributed by atoms with Crippen molar-refractivity contribution >= 4 is 27.5 Å². The predicted octanol–water partition coefficient (Wildman–Crippen LogP) is 1.39. The average molecular weight is 415 g/mol. The van der Waals surface area contributed by atoms with Crippen molar-refractivity contribution in [2.45, 2.75) is 44.2 Å². The molecule has 2 fully saturated rings. The second-order valence-electron chi connectivity index (χ2n) is 7.58. The Hall–Kier alpha value is -2.07. The van der Waals surface area contributed by atoms with Crippen LogP contribution in [-0.4, -0.2) is 55.5 Å². The number of rotatable bonds is 4. The minimum Gasteiger partial charge on any atom is -0.351 e. The molecule has 2 aliphatic rings. The first-order valence-corrected chi connectivity index (χ1v) is 10.9. The minimum absolute atomic E-state index is 0.0760. The summed E-state index contributed by atoms with van der Waals surface area (Å²) in [6.07, 6.45) is 4.45. The van der Waals surface area contributed by atoms with Crippen LogP contribution in [0.3, 0.4) is 0 Å². The van der Waals surface area contributed by atoms with Crippen LogP contribution in [0, 0.1) is 11.6 Å². The van der Waals surface area contributed by atoms with Crippen LogP contribution < -0.4 is 10.2 Å². The van der Waals surface area contributed by atoms with Gasteiger partial charge < -0.3 is 5.32 Å². The van der Waals surface area contributed by atoms with Crippen LogP contribution in [0.2, 0.25) is 0 Å². The standard InChI is InChI=1S/C18H23F2N3O4S/c1-18(17(25)21-13-5-3-4-6-13)11-22(28(2,26)27)10-16(24)23(18)15-8-7-12(19)9-14(15)20/h7-9,13H,3-6,10-11H2,1-2H3,(H,21,25). The highest BCUT2D eigenvalue weighted by Gasteiger charge is 2.51. The Balaban J connectivity index is 2.03. The third kappa shape index (κ3) is 3.88. The number of amides is 2. The molecule has 3 rings (SSSR count). The summed E-state index contributed by atoms with van der Waals surface area (Å²) in [6.45, 7) is 0.546. The molecule has 1 heterocycles. The van der Waals surface area contributed by atoms with Gasteiger partial charge in [-0.2, -0.15) is 4.31 Å². The summed E-state index contributed by atoms with van der Waals surface area (Å²) in [7, 11) is -3.76. The zero-order chi connectivity index (χ0) is 20.7. The van der Waals surface area contributed by atoms with E-state index in [1.807, 2.05) is 0 Å². The summed E-state index contributed by atoms with van der Waals surface area (Å²) in [5.74, 6) is -3.14. The van der Waals surface area contributed by atoms with Crippen molar-refractivity contribution in [1.82, 2.24) is 9.62 Å². The highest BCUT2D eigenvalue weighted by molar-refractivity contribution is 7.88. The van der Waals surface area contributed by atoms with Crippen LogP contribution >= 0.6 is 0 Å². The van der Waals surface area contributed by atoms with Gasteiger partial charge in [0, 0.05) is 18.7 Å². The van der Waals surface area contributed by atoms with E-state index in [0.717, 1.165) is 53.3 Å². The van der Waals surface area contributed by atoms with Crippen LogP contribution in [-0.2, 0) is 19.6 Å². The number of halogens is 2. The predicted molar refractivity (Wildman–Crippen MR) is 99.1 cm³/mol. The number of anilines is 1. The first kappa shape index (κ1) is 20.7. The molecule has 10 heteroatoms. The van der Waals surface area contributed by atoms with E-state index in [4.69, 9.17) is 0 Å². The molecule has 7 nitrogen and oxygen atoms in total. The summed E-state index contributed by atoms with van der Waals surface area (Å²) in [5, 5.41) is 2.86. The van der Waals surface area contributed by atoms with Crippen molar-refractivity contribution in [3.63, 3.8) is 0 Å². The van der Waals surface area contributed by atoms with E-state index in [0.29, 0.717) is 6.07 Å². The fourth-order valence-corrected chi connectivity index (χ4v) is 4.68. The molecule has 1 aliphatic heterocycles. The lowest BCUT2D eigenvalue weighted by Gasteiger charge is -2.46. The van der Waals surface area contributed by atoms with Gasteiger partial charge in [-0.15, -0.1) is 0 Å². The van der Waals surface area contributed by atoms with E-state index >= 15 is 0 Å². The summed E-state index contributed by atoms with van der Waals surface area (Å²) >= 11 is 0. The Morgan fingerprint density at radius 2 is 1.89 bits per heavy atom. The Kier molecular flexibility index (Phi) is 5.46. The van der Waals surface area contributed by atoms with Gasteiger partial charge in [0.2, 0.25) is 21.8 Å². The van der Waals surface area contributed by atoms with Gasteiger partial charge in [0.25, 0.3) is 0 Å². The molecular weight excluding hydrogens is 392 g/mol. The number of carbonyl (C=O) groups excluding carboxylic acids is 2. The lowest BCUT2D eigenvalue weighted by molar-refractivity contribution is -0.133. The third-order valence-electron chi connectivity index (χ3n) is 5.34. The molecule has 154 valence electrons. The van der Waals surface area contributed by atoms with Crippen molar-refractivity contribution in [2.24, 2.45) is 0 Å². The van der Waals surface area contributed by atoms with E-state index in [1.54, 1.807) is 0 Å². The van der Waals surface area contributed by atoms with Crippen LogP contribution in [0.5, 0.6) is 0 Å². The largest absolute Gasteiger partial charge is 0.351 e. The smallest absolute Gasteiger partial charge is 0.247 e. The second kappa shape index (κ2) is 7.40. The minimum atomic E-state index is -3.76. The fraction of sp³-hybridized carbons (Fsp3) is 0.556. The molecule has 0 bridgehead atoms. The molecule has 1 unspecified atom stereocenters. The van der Waals surface area contributed by atoms with Gasteiger partial charge in [0.1, 0.15) is 17.2 Å². The van der Waals surface area contributed by atoms with Gasteiger partial charge in [-0.1, -0.05) is 12.8 Å². The van der Waals surface area contributed by atoms with Crippen molar-refractivity contribution in [3.8, 4) is 0 Å². The Morgan fingerprint density at radius 1 is 1.25 bits per heavy atom. The maximum atomic E-state index is 14.5. The van der Waals surface area contributed by atoms with Crippen molar-refractivity contribution < 1.29 is 26.8 Å². The Morgan fingerprint density at radius 3 is 2.46 bits per heavy atom. The molecule has 0 aromatic heterocycles. The molecule has 1 saturated heterocycles. The molecular formula is C18H23F2N3O4S. The molecule has 0 radical (unpaired) electrons. The Labute approximate surface area is 162 Å². The average Bonchev–Trinajstić information content (AvgIpc) is 3.08. The Bertz CT molecular complexity index is 902. The van der Waals surface area contributed by atoms with Crippen LogP contribution in [0.4, 0.5) is 14.5 Å². The first-order valence-electron chi connectivity index (χ1n) is 9.06. The summed E-state index contributed by atoms with van der Waals surface area (Å²) in [5.41, 5.74) is -1.94. The topological polar surface area (TPSA) is 86.8 Å². The number of sulfonamides is 1. The molecule has 1 aromatic carbocycles. The summed E-state index contributed by atoms with van der Waals surface area (Å²) in [4.78, 5) is 26.9. The number of hydrogen-bond acceptors (Lipinski definition) is 4. The monoisotopic (exact) mass is 415 g/mol. The maximum Gasteiger partial charge on any atom is 0.247 e. The summed E-state index contributed by atoms with van der Waals surface area (Å²) in [6, 6.07) is 2.62. The third-order valence-corrected chi connectivity index (χ3v) is 6.53. The number of piperazine rings is 1. The quantitative estimate of drug-likeness (QED) is 0.805. The normalized spacial score (nSPS) is 24.6. The van der Waals surface area contributed by atoms with Crippen LogP contribution in [0.25, 0.3) is 0 Å². The molecule has 28 heavy (non-hydrogen) atoms. The van der Waals surface area contributed by atoms with Crippen molar-refractivity contribution in [3.05, 3.63) is 29.8 Å². The molecule has 1 aromatic rings. The van der Waals surface area contributed by atoms with E-state index < -0.39 is 45.6 Å². The highest BCUT2D eigenvalue weighted by atomic mass is 32.2.